The molecule has 0 aliphatic heterocycles. The number of aromatic carboxylic acids is 1. The third-order valence-electron chi connectivity index (χ3n) is 3.36. The molecule has 2 N–H and O–H groups in total. The van der Waals surface area contributed by atoms with E-state index in [2.05, 4.69) is 10.3 Å². The molecule has 0 spiro atoms. The highest BCUT2D eigenvalue weighted by molar-refractivity contribution is 7.13. The van der Waals surface area contributed by atoms with Crippen LogP contribution in [0.15, 0.2) is 18.2 Å². The fourth-order valence-corrected chi connectivity index (χ4v) is 3.02. The number of nitro benzene ring substituents is 1. The third-order valence-corrected chi connectivity index (χ3v) is 4.69. The van der Waals surface area contributed by atoms with Crippen LogP contribution < -0.4 is 10.1 Å². The summed E-state index contributed by atoms with van der Waals surface area (Å²) in [7, 11) is 1.30. The second kappa shape index (κ2) is 7.26. The molecule has 2 rings (SSSR count). The number of nitro groups is 1. The number of hydrogen-bond donors (Lipinski definition) is 2. The second-order valence-corrected chi connectivity index (χ2v) is 6.14. The molecule has 1 heterocycles. The molecular weight excluding hydrogens is 350 g/mol. The van der Waals surface area contributed by atoms with Gasteiger partial charge in [-0.15, -0.1) is 11.3 Å². The second-order valence-electron chi connectivity index (χ2n) is 5.11. The molecule has 2 aromatic rings. The Morgan fingerprint density at radius 2 is 2.12 bits per heavy atom. The number of thiazole rings is 1. The molecule has 25 heavy (non-hydrogen) atoms. The fourth-order valence-electron chi connectivity index (χ4n) is 2.12. The lowest BCUT2D eigenvalue weighted by atomic mass is 10.1. The molecule has 1 atom stereocenters. The first kappa shape index (κ1) is 18.3. The molecule has 0 fully saturated rings. The van der Waals surface area contributed by atoms with Gasteiger partial charge in [-0.2, -0.15) is 0 Å². The van der Waals surface area contributed by atoms with Crippen LogP contribution in [0.5, 0.6) is 5.75 Å². The van der Waals surface area contributed by atoms with Crippen molar-refractivity contribution >= 4 is 28.9 Å². The first-order valence-corrected chi connectivity index (χ1v) is 7.90. The van der Waals surface area contributed by atoms with E-state index in [0.29, 0.717) is 10.7 Å². The number of ether oxygens (including phenoxy) is 1. The lowest BCUT2D eigenvalue weighted by Gasteiger charge is -2.11. The summed E-state index contributed by atoms with van der Waals surface area (Å²) in [6.07, 6.45) is 0. The lowest BCUT2D eigenvalue weighted by molar-refractivity contribution is -0.385. The minimum absolute atomic E-state index is 0.0521. The molecule has 10 heteroatoms. The Hall–Kier alpha value is -3.01. The van der Waals surface area contributed by atoms with Gasteiger partial charge in [0.15, 0.2) is 5.75 Å². The largest absolute Gasteiger partial charge is 0.490 e. The van der Waals surface area contributed by atoms with Crippen LogP contribution in [0.2, 0.25) is 0 Å². The third kappa shape index (κ3) is 3.91. The smallest absolute Gasteiger partial charge is 0.347 e. The molecule has 0 saturated heterocycles. The number of carbonyl (C=O) groups excluding carboxylic acids is 1. The maximum Gasteiger partial charge on any atom is 0.347 e. The van der Waals surface area contributed by atoms with E-state index in [4.69, 9.17) is 9.84 Å². The normalized spacial score (nSPS) is 11.6. The van der Waals surface area contributed by atoms with E-state index in [1.807, 2.05) is 0 Å². The van der Waals surface area contributed by atoms with Crippen LogP contribution >= 0.6 is 11.3 Å². The number of nitrogens with one attached hydrogen (secondary N) is 1. The molecule has 1 unspecified atom stereocenters. The van der Waals surface area contributed by atoms with Crippen molar-refractivity contribution in [1.82, 2.24) is 10.3 Å². The van der Waals surface area contributed by atoms with Gasteiger partial charge in [-0.1, -0.05) is 0 Å². The van der Waals surface area contributed by atoms with Crippen molar-refractivity contribution in [1.29, 1.82) is 0 Å². The first-order chi connectivity index (χ1) is 11.7. The fraction of sp³-hybridized carbons (Fsp3) is 0.267. The molecule has 0 bridgehead atoms. The number of carbonyl (C=O) groups is 2. The van der Waals surface area contributed by atoms with Crippen molar-refractivity contribution in [3.05, 3.63) is 49.5 Å². The Labute approximate surface area is 146 Å². The summed E-state index contributed by atoms with van der Waals surface area (Å²) >= 11 is 0.973. The Bertz CT molecular complexity index is 848. The van der Waals surface area contributed by atoms with Crippen LogP contribution in [0.1, 0.15) is 43.7 Å². The summed E-state index contributed by atoms with van der Waals surface area (Å²) in [6, 6.07) is 3.32. The SMILES string of the molecule is COc1ccc(C(=O)NC(C)c2nc(C)c(C(=O)O)s2)cc1[N+](=O)[O-]. The molecule has 1 amide bonds. The standard InChI is InChI=1S/C15H15N3O6S/c1-7-12(15(20)21)25-14(17-7)8(2)16-13(19)9-4-5-11(24-3)10(6-9)18(22)23/h4-6,8H,1-3H3,(H,16,19)(H,20,21). The zero-order chi connectivity index (χ0) is 18.7. The average Bonchev–Trinajstić information content (AvgIpc) is 2.96. The summed E-state index contributed by atoms with van der Waals surface area (Å²) in [4.78, 5) is 38.0. The van der Waals surface area contributed by atoms with Gasteiger partial charge in [-0.3, -0.25) is 14.9 Å². The number of hydrogen-bond acceptors (Lipinski definition) is 7. The maximum absolute atomic E-state index is 12.3. The van der Waals surface area contributed by atoms with Crippen molar-refractivity contribution in [2.24, 2.45) is 0 Å². The Balaban J connectivity index is 2.21. The van der Waals surface area contributed by atoms with Crippen molar-refractivity contribution in [2.45, 2.75) is 19.9 Å². The molecular formula is C15H15N3O6S. The number of amides is 1. The molecule has 0 aliphatic rings. The van der Waals surface area contributed by atoms with Crippen molar-refractivity contribution in [3.63, 3.8) is 0 Å². The number of carboxylic acids is 1. The van der Waals surface area contributed by atoms with Crippen LogP contribution in [0.25, 0.3) is 0 Å². The zero-order valence-corrected chi connectivity index (χ0v) is 14.4. The summed E-state index contributed by atoms with van der Waals surface area (Å²) in [6.45, 7) is 3.23. The summed E-state index contributed by atoms with van der Waals surface area (Å²) in [5.41, 5.74) is 0.140. The van der Waals surface area contributed by atoms with Crippen molar-refractivity contribution in [2.75, 3.05) is 7.11 Å². The Kier molecular flexibility index (Phi) is 5.32. The van der Waals surface area contributed by atoms with E-state index >= 15 is 0 Å². The molecule has 9 nitrogen and oxygen atoms in total. The number of methoxy groups -OCH3 is 1. The number of benzene rings is 1. The van der Waals surface area contributed by atoms with E-state index in [9.17, 15) is 19.7 Å². The first-order valence-electron chi connectivity index (χ1n) is 7.08. The van der Waals surface area contributed by atoms with E-state index in [0.717, 1.165) is 17.4 Å². The highest BCUT2D eigenvalue weighted by Gasteiger charge is 2.22. The van der Waals surface area contributed by atoms with Gasteiger partial charge in [0.05, 0.1) is 23.8 Å². The van der Waals surface area contributed by atoms with Gasteiger partial charge in [-0.25, -0.2) is 9.78 Å². The molecule has 0 saturated carbocycles. The Morgan fingerprint density at radius 3 is 2.64 bits per heavy atom. The van der Waals surface area contributed by atoms with Gasteiger partial charge >= 0.3 is 11.7 Å². The van der Waals surface area contributed by atoms with Crippen molar-refractivity contribution in [3.8, 4) is 5.75 Å². The summed E-state index contributed by atoms with van der Waals surface area (Å²) in [5.74, 6) is -1.57. The van der Waals surface area contributed by atoms with E-state index in [1.165, 1.54) is 19.2 Å². The van der Waals surface area contributed by atoms with Gasteiger partial charge < -0.3 is 15.2 Å². The highest BCUT2D eigenvalue weighted by atomic mass is 32.1. The van der Waals surface area contributed by atoms with Crippen LogP contribution in [0.3, 0.4) is 0 Å². The highest BCUT2D eigenvalue weighted by Crippen LogP contribution is 2.28. The monoisotopic (exact) mass is 365 g/mol. The molecule has 1 aromatic carbocycles. The van der Waals surface area contributed by atoms with Crippen LogP contribution in [0.4, 0.5) is 5.69 Å². The average molecular weight is 365 g/mol. The summed E-state index contributed by atoms with van der Waals surface area (Å²) < 4.78 is 4.89. The van der Waals surface area contributed by atoms with E-state index in [-0.39, 0.29) is 21.9 Å². The van der Waals surface area contributed by atoms with E-state index < -0.39 is 22.8 Å². The number of aryl methyl sites for hydroxylation is 1. The van der Waals surface area contributed by atoms with E-state index in [1.54, 1.807) is 13.8 Å². The minimum atomic E-state index is -1.08. The van der Waals surface area contributed by atoms with Crippen LogP contribution in [-0.4, -0.2) is 34.0 Å². The minimum Gasteiger partial charge on any atom is -0.490 e. The molecule has 0 aliphatic carbocycles. The zero-order valence-electron chi connectivity index (χ0n) is 13.6. The van der Waals surface area contributed by atoms with Gasteiger partial charge in [0, 0.05) is 11.6 Å². The number of carboxylic acid groups (broad SMARTS) is 1. The predicted octanol–water partition coefficient (Wildman–Crippen LogP) is 2.56. The number of rotatable bonds is 6. The molecule has 132 valence electrons. The van der Waals surface area contributed by atoms with Crippen LogP contribution in [0, 0.1) is 17.0 Å². The topological polar surface area (TPSA) is 132 Å². The quantitative estimate of drug-likeness (QED) is 0.594. The van der Waals surface area contributed by atoms with Gasteiger partial charge in [0.25, 0.3) is 5.91 Å². The summed E-state index contributed by atoms with van der Waals surface area (Å²) in [5, 5.41) is 23.2. The maximum atomic E-state index is 12.3. The van der Waals surface area contributed by atoms with Gasteiger partial charge in [0.1, 0.15) is 9.88 Å². The predicted molar refractivity (Wildman–Crippen MR) is 89.3 cm³/mol. The lowest BCUT2D eigenvalue weighted by Crippen LogP contribution is -2.26. The Morgan fingerprint density at radius 1 is 1.44 bits per heavy atom. The number of nitrogens with zero attached hydrogens (tertiary/aromatic N) is 2. The molecule has 0 radical (unpaired) electrons. The van der Waals surface area contributed by atoms with Crippen molar-refractivity contribution < 1.29 is 24.4 Å². The number of aromatic nitrogens is 1. The molecule has 1 aromatic heterocycles. The van der Waals surface area contributed by atoms with Gasteiger partial charge in [0.2, 0.25) is 0 Å². The van der Waals surface area contributed by atoms with Crippen LogP contribution in [-0.2, 0) is 0 Å². The van der Waals surface area contributed by atoms with Gasteiger partial charge in [-0.05, 0) is 26.0 Å².